The van der Waals surface area contributed by atoms with Crippen LogP contribution in [0, 0.1) is 5.92 Å². The largest absolute Gasteiger partial charge is 0.368 e. The van der Waals surface area contributed by atoms with Crippen molar-refractivity contribution in [3.8, 4) is 0 Å². The van der Waals surface area contributed by atoms with Crippen molar-refractivity contribution in [3.05, 3.63) is 11.8 Å². The maximum atomic E-state index is 5.98. The minimum Gasteiger partial charge on any atom is -0.368 e. The first kappa shape index (κ1) is 17.0. The zero-order valence-electron chi connectivity index (χ0n) is 15.2. The molecule has 2 saturated heterocycles. The van der Waals surface area contributed by atoms with E-state index in [2.05, 4.69) is 25.8 Å². The molecule has 1 aromatic heterocycles. The normalized spacial score (nSPS) is 28.8. The summed E-state index contributed by atoms with van der Waals surface area (Å²) in [6.07, 6.45) is 8.73. The predicted molar refractivity (Wildman–Crippen MR) is 102 cm³/mol. The smallest absolute Gasteiger partial charge is 0.222 e. The minimum absolute atomic E-state index is 0.329. The Balaban J connectivity index is 1.34. The molecule has 138 valence electrons. The molecule has 0 bridgehead atoms. The van der Waals surface area contributed by atoms with Gasteiger partial charge >= 0.3 is 0 Å². The molecular weight excluding hydrogens is 312 g/mol. The lowest BCUT2D eigenvalue weighted by Crippen LogP contribution is -2.41. The fourth-order valence-corrected chi connectivity index (χ4v) is 4.60. The average Bonchev–Trinajstić information content (AvgIpc) is 2.60. The van der Waals surface area contributed by atoms with Crippen LogP contribution in [-0.4, -0.2) is 53.6 Å². The van der Waals surface area contributed by atoms with Gasteiger partial charge in [-0.2, -0.15) is 4.98 Å². The van der Waals surface area contributed by atoms with E-state index in [1.165, 1.54) is 51.7 Å². The molecule has 0 aromatic carbocycles. The number of hydrogen-bond acceptors (Lipinski definition) is 6. The van der Waals surface area contributed by atoms with Gasteiger partial charge < -0.3 is 21.3 Å². The molecular formula is C19H32N6. The molecule has 2 aliphatic heterocycles. The Bertz CT molecular complexity index is 571. The summed E-state index contributed by atoms with van der Waals surface area (Å²) >= 11 is 0. The van der Waals surface area contributed by atoms with Crippen LogP contribution >= 0.6 is 0 Å². The molecule has 3 aliphatic rings. The highest BCUT2D eigenvalue weighted by Crippen LogP contribution is 2.36. The first-order valence-corrected chi connectivity index (χ1v) is 10.0. The summed E-state index contributed by atoms with van der Waals surface area (Å²) in [7, 11) is 0. The average molecular weight is 345 g/mol. The van der Waals surface area contributed by atoms with Gasteiger partial charge in [-0.3, -0.25) is 0 Å². The second-order valence-electron chi connectivity index (χ2n) is 8.23. The number of rotatable bonds is 4. The summed E-state index contributed by atoms with van der Waals surface area (Å²) in [5.74, 6) is 2.72. The standard InChI is InChI=1S/C19H32N6/c20-16-10-15(11-16)17-12-18(23-19(21)22-17)25-8-4-14(5-9-25)13-24-6-2-1-3-7-24/h12,14-16H,1-11,13,20H2,(H2,21,22,23). The molecule has 6 nitrogen and oxygen atoms in total. The Hall–Kier alpha value is -1.40. The molecule has 25 heavy (non-hydrogen) atoms. The fourth-order valence-electron chi connectivity index (χ4n) is 4.60. The highest BCUT2D eigenvalue weighted by Gasteiger charge is 2.30. The third kappa shape index (κ3) is 4.06. The Labute approximate surface area is 151 Å². The molecule has 0 atom stereocenters. The van der Waals surface area contributed by atoms with E-state index in [0.29, 0.717) is 17.9 Å². The van der Waals surface area contributed by atoms with Crippen LogP contribution in [0.15, 0.2) is 6.07 Å². The number of aromatic nitrogens is 2. The monoisotopic (exact) mass is 344 g/mol. The van der Waals surface area contributed by atoms with Crippen LogP contribution < -0.4 is 16.4 Å². The number of piperidine rings is 2. The molecule has 0 spiro atoms. The first-order valence-electron chi connectivity index (χ1n) is 10.0. The third-order valence-electron chi connectivity index (χ3n) is 6.25. The maximum Gasteiger partial charge on any atom is 0.222 e. The van der Waals surface area contributed by atoms with Crippen LogP contribution in [0.25, 0.3) is 0 Å². The van der Waals surface area contributed by atoms with Crippen molar-refractivity contribution in [2.45, 2.75) is 56.9 Å². The molecule has 0 unspecified atom stereocenters. The Morgan fingerprint density at radius 1 is 1.00 bits per heavy atom. The number of nitrogens with two attached hydrogens (primary N) is 2. The van der Waals surface area contributed by atoms with Gasteiger partial charge in [0.25, 0.3) is 0 Å². The molecule has 1 saturated carbocycles. The van der Waals surface area contributed by atoms with E-state index >= 15 is 0 Å². The zero-order chi connectivity index (χ0) is 17.2. The van der Waals surface area contributed by atoms with E-state index in [4.69, 9.17) is 11.5 Å². The lowest BCUT2D eigenvalue weighted by molar-refractivity contribution is 0.181. The predicted octanol–water partition coefficient (Wildman–Crippen LogP) is 1.97. The summed E-state index contributed by atoms with van der Waals surface area (Å²) in [6, 6.07) is 2.48. The van der Waals surface area contributed by atoms with Crippen LogP contribution in [-0.2, 0) is 0 Å². The molecule has 4 N–H and O–H groups in total. The molecule has 0 radical (unpaired) electrons. The second-order valence-corrected chi connectivity index (χ2v) is 8.23. The molecule has 3 fully saturated rings. The van der Waals surface area contributed by atoms with Crippen molar-refractivity contribution in [3.63, 3.8) is 0 Å². The van der Waals surface area contributed by atoms with Crippen molar-refractivity contribution in [2.75, 3.05) is 43.4 Å². The topological polar surface area (TPSA) is 84.3 Å². The van der Waals surface area contributed by atoms with Gasteiger partial charge in [-0.15, -0.1) is 0 Å². The lowest BCUT2D eigenvalue weighted by Gasteiger charge is -2.37. The molecule has 1 aliphatic carbocycles. The summed E-state index contributed by atoms with van der Waals surface area (Å²) in [5.41, 5.74) is 13.0. The fraction of sp³-hybridized carbons (Fsp3) is 0.789. The van der Waals surface area contributed by atoms with Gasteiger partial charge in [0.05, 0.1) is 5.69 Å². The Morgan fingerprint density at radius 2 is 1.72 bits per heavy atom. The number of likely N-dealkylation sites (tertiary alicyclic amines) is 1. The number of hydrogen-bond donors (Lipinski definition) is 2. The first-order chi connectivity index (χ1) is 12.2. The van der Waals surface area contributed by atoms with Gasteiger partial charge in [-0.25, -0.2) is 4.98 Å². The van der Waals surface area contributed by atoms with Gasteiger partial charge in [0.1, 0.15) is 5.82 Å². The molecule has 3 heterocycles. The summed E-state index contributed by atoms with van der Waals surface area (Å²) < 4.78 is 0. The highest BCUT2D eigenvalue weighted by atomic mass is 15.2. The van der Waals surface area contributed by atoms with Crippen molar-refractivity contribution < 1.29 is 0 Å². The quantitative estimate of drug-likeness (QED) is 0.869. The van der Waals surface area contributed by atoms with Crippen LogP contribution in [0.4, 0.5) is 11.8 Å². The Morgan fingerprint density at radius 3 is 2.40 bits per heavy atom. The molecule has 6 heteroatoms. The maximum absolute atomic E-state index is 5.98. The van der Waals surface area contributed by atoms with E-state index in [1.807, 2.05) is 0 Å². The van der Waals surface area contributed by atoms with Gasteiger partial charge in [0, 0.05) is 37.7 Å². The zero-order valence-corrected chi connectivity index (χ0v) is 15.2. The van der Waals surface area contributed by atoms with Crippen LogP contribution in [0.5, 0.6) is 0 Å². The summed E-state index contributed by atoms with van der Waals surface area (Å²) in [5, 5.41) is 0. The van der Waals surface area contributed by atoms with Gasteiger partial charge in [-0.05, 0) is 57.5 Å². The van der Waals surface area contributed by atoms with E-state index in [0.717, 1.165) is 43.4 Å². The van der Waals surface area contributed by atoms with Crippen molar-refractivity contribution in [2.24, 2.45) is 11.7 Å². The van der Waals surface area contributed by atoms with Crippen molar-refractivity contribution in [1.82, 2.24) is 14.9 Å². The molecule has 0 amide bonds. The second kappa shape index (κ2) is 7.46. The summed E-state index contributed by atoms with van der Waals surface area (Å²) in [6.45, 7) is 6.05. The minimum atomic E-state index is 0.329. The van der Waals surface area contributed by atoms with Crippen LogP contribution in [0.1, 0.15) is 56.6 Å². The van der Waals surface area contributed by atoms with E-state index in [1.54, 1.807) is 0 Å². The lowest BCUT2D eigenvalue weighted by atomic mass is 9.78. The molecule has 4 rings (SSSR count). The number of anilines is 2. The number of nitrogens with zero attached hydrogens (tertiary/aromatic N) is 4. The number of nitrogen functional groups attached to an aromatic ring is 1. The van der Waals surface area contributed by atoms with E-state index < -0.39 is 0 Å². The van der Waals surface area contributed by atoms with Gasteiger partial charge in [0.15, 0.2) is 0 Å². The molecule has 1 aromatic rings. The highest BCUT2D eigenvalue weighted by molar-refractivity contribution is 5.45. The van der Waals surface area contributed by atoms with Crippen molar-refractivity contribution in [1.29, 1.82) is 0 Å². The van der Waals surface area contributed by atoms with Gasteiger partial charge in [-0.1, -0.05) is 6.42 Å². The SMILES string of the molecule is Nc1nc(C2CC(N)C2)cc(N2CCC(CN3CCCCC3)CC2)n1. The van der Waals surface area contributed by atoms with Gasteiger partial charge in [0.2, 0.25) is 5.95 Å². The Kier molecular flexibility index (Phi) is 5.08. The summed E-state index contributed by atoms with van der Waals surface area (Å²) in [4.78, 5) is 14.0. The van der Waals surface area contributed by atoms with Crippen LogP contribution in [0.3, 0.4) is 0 Å². The third-order valence-corrected chi connectivity index (χ3v) is 6.25. The van der Waals surface area contributed by atoms with Crippen molar-refractivity contribution >= 4 is 11.8 Å². The van der Waals surface area contributed by atoms with E-state index in [9.17, 15) is 0 Å². The van der Waals surface area contributed by atoms with E-state index in [-0.39, 0.29) is 0 Å². The van der Waals surface area contributed by atoms with Crippen LogP contribution in [0.2, 0.25) is 0 Å².